The van der Waals surface area contributed by atoms with Gasteiger partial charge in [0.2, 0.25) is 0 Å². The lowest BCUT2D eigenvalue weighted by Crippen LogP contribution is -2.20. The van der Waals surface area contributed by atoms with Crippen LogP contribution in [0.3, 0.4) is 0 Å². The van der Waals surface area contributed by atoms with E-state index in [0.717, 1.165) is 91.5 Å². The van der Waals surface area contributed by atoms with Gasteiger partial charge in [-0.25, -0.2) is 15.0 Å². The molecule has 4 aromatic carbocycles. The molecule has 0 unspecified atom stereocenters. The Morgan fingerprint density at radius 2 is 1.38 bits per heavy atom. The number of carbonyl (C=O) groups is 4. The maximum Gasteiger partial charge on any atom is 0.259 e. The first-order valence-corrected chi connectivity index (χ1v) is 20.4. The van der Waals surface area contributed by atoms with Gasteiger partial charge in [0.05, 0.1) is 34.4 Å². The number of nitrogens with one attached hydrogen (secondary N) is 3. The topological polar surface area (TPSA) is 157 Å². The van der Waals surface area contributed by atoms with Crippen molar-refractivity contribution in [3.05, 3.63) is 179 Å². The lowest BCUT2D eigenvalue weighted by Gasteiger charge is -2.22. The molecule has 13 heteroatoms. The van der Waals surface area contributed by atoms with Gasteiger partial charge in [-0.3, -0.25) is 29.8 Å². The van der Waals surface area contributed by atoms with E-state index in [1.807, 2.05) is 72.0 Å². The van der Waals surface area contributed by atoms with Crippen LogP contribution in [-0.4, -0.2) is 43.3 Å². The van der Waals surface area contributed by atoms with Crippen LogP contribution in [0.4, 0.5) is 0 Å². The minimum absolute atomic E-state index is 0. The molecule has 0 saturated carbocycles. The van der Waals surface area contributed by atoms with Crippen molar-refractivity contribution in [2.75, 3.05) is 0 Å². The number of H-pyrrole nitrogens is 1. The fourth-order valence-corrected chi connectivity index (χ4v) is 8.87. The Balaban J connectivity index is 0.000000135. The quantitative estimate of drug-likeness (QED) is 0.0673. The predicted molar refractivity (Wildman–Crippen MR) is 234 cm³/mol. The summed E-state index contributed by atoms with van der Waals surface area (Å²) < 4.78 is 7.18. The van der Waals surface area contributed by atoms with Gasteiger partial charge in [0, 0.05) is 58.2 Å². The van der Waals surface area contributed by atoms with Crippen LogP contribution >= 0.6 is 12.0 Å². The molecule has 4 aliphatic rings. The number of hydrogen-bond acceptors (Lipinski definition) is 9. The van der Waals surface area contributed by atoms with E-state index in [-0.39, 0.29) is 25.1 Å². The summed E-state index contributed by atoms with van der Waals surface area (Å²) in [6, 6.07) is 36.5. The number of aromatic amines is 1. The van der Waals surface area contributed by atoms with Crippen LogP contribution in [-0.2, 0) is 33.2 Å². The summed E-state index contributed by atoms with van der Waals surface area (Å²) in [5.41, 5.74) is 12.4. The average molecular weight is 826 g/mol. The summed E-state index contributed by atoms with van der Waals surface area (Å²) in [6.07, 6.45) is 11.8. The number of amides is 4. The summed E-state index contributed by atoms with van der Waals surface area (Å²) in [5, 5.41) is 7.19. The van der Waals surface area contributed by atoms with Crippen LogP contribution in [0.25, 0.3) is 49.7 Å². The number of fused-ring (bicyclic) bond motifs is 12. The van der Waals surface area contributed by atoms with Crippen molar-refractivity contribution in [1.82, 2.24) is 30.3 Å². The maximum atomic E-state index is 12.6. The maximum absolute atomic E-state index is 12.6. The molecule has 0 saturated heterocycles. The van der Waals surface area contributed by atoms with Crippen molar-refractivity contribution in [1.29, 1.82) is 0 Å². The monoisotopic (exact) mass is 825 g/mol. The van der Waals surface area contributed by atoms with Crippen molar-refractivity contribution < 1.29 is 29.9 Å². The standard InChI is InChI=1S/C23H18N2O2S.C21H13N3O2.C4H3NO2.H2/c1-2-11-19(12-3-1)28-27-26-25-22(16-18-10-7-15-24-23(18)25)21-14-6-9-17-8-4-5-13-20(17)21;25-20-16-12-8-7-10-4-1-2-5-11(10)14(12)18-15(17(16)21(26)24-20)13-6-3-9-22-19(13)23-18;6-3-1-2-4(7)5-3;/h1-5,7-8,10-16H,6,9H2;1-6,9H,7-8H2,(H,22,23)(H,24,25,26);1-2H,(H,5,6,7);1H/i;;;1+1. The minimum Gasteiger partial charge on any atom is -0.339 e. The number of allylic oxidation sites excluding steroid dienone is 1. The zero-order valence-electron chi connectivity index (χ0n) is 32.3. The lowest BCUT2D eigenvalue weighted by atomic mass is 9.80. The Morgan fingerprint density at radius 1 is 0.672 bits per heavy atom. The molecule has 0 spiro atoms. The number of carbonyl (C=O) groups excluding carboxylic acids is 4. The second-order valence-corrected chi connectivity index (χ2v) is 15.4. The van der Waals surface area contributed by atoms with Crippen molar-refractivity contribution in [3.63, 3.8) is 0 Å². The molecule has 0 radical (unpaired) electrons. The van der Waals surface area contributed by atoms with Crippen LogP contribution < -0.4 is 15.6 Å². The molecular formula is C48H36N6O6S. The summed E-state index contributed by atoms with van der Waals surface area (Å²) in [4.78, 5) is 64.3. The second-order valence-electron chi connectivity index (χ2n) is 14.6. The molecule has 3 N–H and O–H groups in total. The first kappa shape index (κ1) is 37.6. The number of hydrogen-bond donors (Lipinski definition) is 3. The second kappa shape index (κ2) is 15.9. The van der Waals surface area contributed by atoms with E-state index in [9.17, 15) is 19.2 Å². The molecule has 4 amide bonds. The molecule has 8 aromatic rings. The summed E-state index contributed by atoms with van der Waals surface area (Å²) in [7, 11) is 0. The van der Waals surface area contributed by atoms with Gasteiger partial charge in [0.1, 0.15) is 5.65 Å². The van der Waals surface area contributed by atoms with E-state index < -0.39 is 0 Å². The van der Waals surface area contributed by atoms with Crippen LogP contribution in [0.5, 0.6) is 0 Å². The molecule has 2 aliphatic heterocycles. The number of benzene rings is 4. The summed E-state index contributed by atoms with van der Waals surface area (Å²) >= 11 is 1.18. The highest BCUT2D eigenvalue weighted by Gasteiger charge is 2.37. The van der Waals surface area contributed by atoms with Gasteiger partial charge in [-0.2, -0.15) is 0 Å². The molecule has 300 valence electrons. The Hall–Kier alpha value is -7.61. The zero-order valence-corrected chi connectivity index (χ0v) is 33.1. The highest BCUT2D eigenvalue weighted by Crippen LogP contribution is 2.45. The smallest absolute Gasteiger partial charge is 0.259 e. The Morgan fingerprint density at radius 3 is 2.16 bits per heavy atom. The van der Waals surface area contributed by atoms with Gasteiger partial charge in [-0.15, -0.1) is 4.73 Å². The molecular weight excluding hydrogens is 789 g/mol. The number of aryl methyl sites for hydroxylation is 2. The number of imide groups is 2. The van der Waals surface area contributed by atoms with Gasteiger partial charge in [0.15, 0.2) is 5.65 Å². The Bertz CT molecular complexity index is 3160. The minimum atomic E-state index is -0.329. The van der Waals surface area contributed by atoms with Crippen molar-refractivity contribution in [2.24, 2.45) is 0 Å². The highest BCUT2D eigenvalue weighted by molar-refractivity contribution is 7.94. The number of aromatic nitrogens is 4. The van der Waals surface area contributed by atoms with Gasteiger partial charge in [0.25, 0.3) is 23.6 Å². The molecule has 4 aromatic heterocycles. The summed E-state index contributed by atoms with van der Waals surface area (Å²) in [5.74, 6) is -1.27. The van der Waals surface area contributed by atoms with Crippen LogP contribution in [0.1, 0.15) is 56.5 Å². The molecule has 61 heavy (non-hydrogen) atoms. The third kappa shape index (κ3) is 6.95. The van der Waals surface area contributed by atoms with E-state index in [4.69, 9.17) is 9.32 Å². The number of rotatable bonds is 5. The normalized spacial score (nSPS) is 14.5. The molecule has 12 nitrogen and oxygen atoms in total. The van der Waals surface area contributed by atoms with E-state index in [1.165, 1.54) is 40.9 Å². The number of nitrogens with zero attached hydrogens (tertiary/aromatic N) is 3. The van der Waals surface area contributed by atoms with E-state index in [0.29, 0.717) is 11.1 Å². The first-order valence-electron chi connectivity index (χ1n) is 19.7. The summed E-state index contributed by atoms with van der Waals surface area (Å²) in [6.45, 7) is 0. The lowest BCUT2D eigenvalue weighted by molar-refractivity contribution is -0.189. The molecule has 6 heterocycles. The van der Waals surface area contributed by atoms with Crippen molar-refractivity contribution >= 4 is 74.2 Å². The van der Waals surface area contributed by atoms with E-state index in [2.05, 4.69) is 68.8 Å². The predicted octanol–water partition coefficient (Wildman–Crippen LogP) is 8.29. The van der Waals surface area contributed by atoms with Gasteiger partial charge in [-0.1, -0.05) is 77.1 Å². The van der Waals surface area contributed by atoms with Gasteiger partial charge < -0.3 is 4.98 Å². The fraction of sp³-hybridized carbons (Fsp3) is 0.0833. The highest BCUT2D eigenvalue weighted by atomic mass is 32.2. The van der Waals surface area contributed by atoms with Crippen molar-refractivity contribution in [2.45, 2.75) is 30.6 Å². The Kier molecular flexibility index (Phi) is 9.79. The first-order chi connectivity index (χ1) is 29.9. The van der Waals surface area contributed by atoms with Crippen molar-refractivity contribution in [3.8, 4) is 11.1 Å². The number of pyridine rings is 2. The molecule has 0 bridgehead atoms. The van der Waals surface area contributed by atoms with Gasteiger partial charge in [-0.05, 0) is 96.0 Å². The fourth-order valence-electron chi connectivity index (χ4n) is 8.43. The Labute approximate surface area is 353 Å². The third-order valence-corrected chi connectivity index (χ3v) is 11.6. The molecule has 0 atom stereocenters. The van der Waals surface area contributed by atoms with E-state index >= 15 is 0 Å². The third-order valence-electron chi connectivity index (χ3n) is 11.0. The van der Waals surface area contributed by atoms with Gasteiger partial charge >= 0.3 is 0 Å². The zero-order chi connectivity index (χ0) is 41.5. The largest absolute Gasteiger partial charge is 0.339 e. The molecule has 0 fully saturated rings. The van der Waals surface area contributed by atoms with Crippen LogP contribution in [0.2, 0.25) is 0 Å². The van der Waals surface area contributed by atoms with Crippen LogP contribution in [0, 0.1) is 0 Å². The molecule has 2 aliphatic carbocycles. The van der Waals surface area contributed by atoms with E-state index in [1.54, 1.807) is 17.1 Å². The van der Waals surface area contributed by atoms with Crippen LogP contribution in [0.15, 0.2) is 145 Å². The average Bonchev–Trinajstić information content (AvgIpc) is 4.06. The SMILES string of the molecule is C1=C(c2cc3cccnc3n2OOSc2ccccc2)c2ccccc2CC1.O=C1C=CC(=O)N1.O=C1NC(=O)c2c1c1c(c3[nH]c4ncccc4c23)-c2ccccc2CC1.[2HH]. The molecule has 12 rings (SSSR count).